The number of carbonyl (C=O) groups is 2. The van der Waals surface area contributed by atoms with E-state index in [1.807, 2.05) is 12.1 Å². The lowest BCUT2D eigenvalue weighted by Gasteiger charge is -2.08. The van der Waals surface area contributed by atoms with Crippen molar-refractivity contribution in [2.45, 2.75) is 13.5 Å². The van der Waals surface area contributed by atoms with Crippen LogP contribution in [0.3, 0.4) is 0 Å². The zero-order chi connectivity index (χ0) is 14.4. The molecule has 0 saturated carbocycles. The molecule has 6 heteroatoms. The molecule has 2 amide bonds. The fourth-order valence-corrected chi connectivity index (χ4v) is 1.68. The van der Waals surface area contributed by atoms with Crippen LogP contribution in [0.5, 0.6) is 0 Å². The van der Waals surface area contributed by atoms with E-state index in [1.165, 1.54) is 6.92 Å². The summed E-state index contributed by atoms with van der Waals surface area (Å²) in [7, 11) is 0. The Balaban J connectivity index is 2.00. The molecule has 2 heterocycles. The van der Waals surface area contributed by atoms with Gasteiger partial charge in [0.1, 0.15) is 5.69 Å². The van der Waals surface area contributed by atoms with Crippen LogP contribution in [-0.2, 0) is 16.1 Å². The summed E-state index contributed by atoms with van der Waals surface area (Å²) in [5, 5.41) is 5.16. The summed E-state index contributed by atoms with van der Waals surface area (Å²) in [6.45, 7) is 1.65. The summed E-state index contributed by atoms with van der Waals surface area (Å²) in [6, 6.07) is 7.25. The number of carbonyl (C=O) groups excluding carboxylic acids is 2. The first-order chi connectivity index (χ1) is 9.66. The Kier molecular flexibility index (Phi) is 4.49. The van der Waals surface area contributed by atoms with Gasteiger partial charge in [0.05, 0.1) is 12.8 Å². The molecule has 0 saturated heterocycles. The van der Waals surface area contributed by atoms with Gasteiger partial charge in [0.25, 0.3) is 0 Å². The Hall–Kier alpha value is -2.63. The molecule has 0 aliphatic rings. The normalized spacial score (nSPS) is 10.1. The van der Waals surface area contributed by atoms with Crippen molar-refractivity contribution in [1.82, 2.24) is 15.6 Å². The molecule has 2 N–H and O–H groups in total. The Bertz CT molecular complexity index is 593. The maximum atomic E-state index is 11.5. The summed E-state index contributed by atoms with van der Waals surface area (Å²) >= 11 is 0. The average molecular weight is 273 g/mol. The van der Waals surface area contributed by atoms with Crippen molar-refractivity contribution in [1.29, 1.82) is 0 Å². The number of amides is 2. The van der Waals surface area contributed by atoms with Gasteiger partial charge < -0.3 is 15.1 Å². The summed E-state index contributed by atoms with van der Waals surface area (Å²) in [5.74, 6) is 0.156. The standard InChI is InChI=1S/C14H15N3O3/c1-10(18)16-9-13(19)17-8-11-4-2-6-15-14(11)12-5-3-7-20-12/h2-7H,8-9H2,1H3,(H,16,18)(H,17,19). The molecule has 6 nitrogen and oxygen atoms in total. The van der Waals surface area contributed by atoms with Gasteiger partial charge in [0.2, 0.25) is 11.8 Å². The lowest BCUT2D eigenvalue weighted by Crippen LogP contribution is -2.35. The molecule has 0 unspecified atom stereocenters. The van der Waals surface area contributed by atoms with E-state index in [0.29, 0.717) is 18.0 Å². The minimum atomic E-state index is -0.255. The fourth-order valence-electron chi connectivity index (χ4n) is 1.68. The number of hydrogen-bond donors (Lipinski definition) is 2. The van der Waals surface area contributed by atoms with E-state index in [2.05, 4.69) is 15.6 Å². The molecular weight excluding hydrogens is 258 g/mol. The number of aromatic nitrogens is 1. The highest BCUT2D eigenvalue weighted by atomic mass is 16.3. The molecule has 0 aliphatic carbocycles. The van der Waals surface area contributed by atoms with Gasteiger partial charge in [-0.05, 0) is 18.2 Å². The highest BCUT2D eigenvalue weighted by molar-refractivity contribution is 5.83. The van der Waals surface area contributed by atoms with Crippen molar-refractivity contribution >= 4 is 11.8 Å². The van der Waals surface area contributed by atoms with Gasteiger partial charge >= 0.3 is 0 Å². The van der Waals surface area contributed by atoms with Crippen LogP contribution in [0.15, 0.2) is 41.1 Å². The quantitative estimate of drug-likeness (QED) is 0.854. The van der Waals surface area contributed by atoms with Crippen molar-refractivity contribution in [3.63, 3.8) is 0 Å². The van der Waals surface area contributed by atoms with Crippen LogP contribution in [-0.4, -0.2) is 23.3 Å². The lowest BCUT2D eigenvalue weighted by molar-refractivity contribution is -0.125. The zero-order valence-electron chi connectivity index (χ0n) is 11.1. The highest BCUT2D eigenvalue weighted by Crippen LogP contribution is 2.21. The van der Waals surface area contributed by atoms with E-state index in [-0.39, 0.29) is 18.4 Å². The van der Waals surface area contributed by atoms with Crippen molar-refractivity contribution in [2.75, 3.05) is 6.54 Å². The molecule has 0 spiro atoms. The van der Waals surface area contributed by atoms with Crippen LogP contribution < -0.4 is 10.6 Å². The Morgan fingerprint density at radius 1 is 1.25 bits per heavy atom. The second kappa shape index (κ2) is 6.51. The van der Waals surface area contributed by atoms with Gasteiger partial charge in [0.15, 0.2) is 5.76 Å². The third-order valence-electron chi connectivity index (χ3n) is 2.62. The van der Waals surface area contributed by atoms with Crippen molar-refractivity contribution in [2.24, 2.45) is 0 Å². The van der Waals surface area contributed by atoms with Crippen molar-refractivity contribution in [3.05, 3.63) is 42.3 Å². The number of nitrogens with zero attached hydrogens (tertiary/aromatic N) is 1. The molecule has 2 rings (SSSR count). The SMILES string of the molecule is CC(=O)NCC(=O)NCc1cccnc1-c1ccco1. The van der Waals surface area contributed by atoms with E-state index < -0.39 is 0 Å². The van der Waals surface area contributed by atoms with E-state index in [0.717, 1.165) is 5.56 Å². The molecule has 0 aliphatic heterocycles. The fraction of sp³-hybridized carbons (Fsp3) is 0.214. The molecule has 2 aromatic heterocycles. The predicted molar refractivity (Wildman–Crippen MR) is 72.5 cm³/mol. The molecule has 2 aromatic rings. The monoisotopic (exact) mass is 273 g/mol. The van der Waals surface area contributed by atoms with Gasteiger partial charge in [-0.2, -0.15) is 0 Å². The van der Waals surface area contributed by atoms with Gasteiger partial charge in [-0.3, -0.25) is 14.6 Å². The van der Waals surface area contributed by atoms with E-state index in [1.54, 1.807) is 24.6 Å². The molecule has 0 atom stereocenters. The third-order valence-corrected chi connectivity index (χ3v) is 2.62. The molecule has 104 valence electrons. The topological polar surface area (TPSA) is 84.2 Å². The van der Waals surface area contributed by atoms with Gasteiger partial charge in [0, 0.05) is 25.2 Å². The molecule has 0 aromatic carbocycles. The first-order valence-electron chi connectivity index (χ1n) is 6.15. The summed E-state index contributed by atoms with van der Waals surface area (Å²) in [5.41, 5.74) is 1.54. The highest BCUT2D eigenvalue weighted by Gasteiger charge is 2.10. The number of nitrogens with one attached hydrogen (secondary N) is 2. The van der Waals surface area contributed by atoms with Crippen molar-refractivity contribution < 1.29 is 14.0 Å². The van der Waals surface area contributed by atoms with Gasteiger partial charge in [-0.15, -0.1) is 0 Å². The van der Waals surface area contributed by atoms with Crippen LogP contribution in [0.4, 0.5) is 0 Å². The third kappa shape index (κ3) is 3.68. The van der Waals surface area contributed by atoms with E-state index in [4.69, 9.17) is 4.42 Å². The number of furan rings is 1. The van der Waals surface area contributed by atoms with E-state index >= 15 is 0 Å². The Morgan fingerprint density at radius 3 is 2.80 bits per heavy atom. The minimum absolute atomic E-state index is 0.0360. The number of pyridine rings is 1. The molecule has 0 radical (unpaired) electrons. The minimum Gasteiger partial charge on any atom is -0.463 e. The van der Waals surface area contributed by atoms with Crippen LogP contribution in [0.25, 0.3) is 11.5 Å². The van der Waals surface area contributed by atoms with Crippen LogP contribution in [0.1, 0.15) is 12.5 Å². The molecule has 0 fully saturated rings. The smallest absolute Gasteiger partial charge is 0.239 e. The average Bonchev–Trinajstić information content (AvgIpc) is 2.97. The molecule has 20 heavy (non-hydrogen) atoms. The maximum Gasteiger partial charge on any atom is 0.239 e. The van der Waals surface area contributed by atoms with Gasteiger partial charge in [-0.25, -0.2) is 0 Å². The number of hydrogen-bond acceptors (Lipinski definition) is 4. The summed E-state index contributed by atoms with van der Waals surface area (Å²) in [4.78, 5) is 26.5. The zero-order valence-corrected chi connectivity index (χ0v) is 11.1. The molecular formula is C14H15N3O3. The first kappa shape index (κ1) is 13.8. The Morgan fingerprint density at radius 2 is 2.10 bits per heavy atom. The Labute approximate surface area is 116 Å². The van der Waals surface area contributed by atoms with Gasteiger partial charge in [-0.1, -0.05) is 6.07 Å². The lowest BCUT2D eigenvalue weighted by atomic mass is 10.1. The van der Waals surface area contributed by atoms with E-state index in [9.17, 15) is 9.59 Å². The van der Waals surface area contributed by atoms with Crippen LogP contribution >= 0.6 is 0 Å². The van der Waals surface area contributed by atoms with Crippen LogP contribution in [0.2, 0.25) is 0 Å². The first-order valence-corrected chi connectivity index (χ1v) is 6.15. The summed E-state index contributed by atoms with van der Waals surface area (Å²) < 4.78 is 5.31. The maximum absolute atomic E-state index is 11.5. The van der Waals surface area contributed by atoms with Crippen molar-refractivity contribution in [3.8, 4) is 11.5 Å². The second-order valence-corrected chi connectivity index (χ2v) is 4.17. The summed E-state index contributed by atoms with van der Waals surface area (Å²) in [6.07, 6.45) is 3.24. The van der Waals surface area contributed by atoms with Crippen LogP contribution in [0, 0.1) is 0 Å². The second-order valence-electron chi connectivity index (χ2n) is 4.17. The predicted octanol–water partition coefficient (Wildman–Crippen LogP) is 1.09. The largest absolute Gasteiger partial charge is 0.463 e. The molecule has 0 bridgehead atoms. The number of rotatable bonds is 5.